The van der Waals surface area contributed by atoms with Crippen molar-refractivity contribution in [3.8, 4) is 0 Å². The number of nitrogens with zero attached hydrogens (tertiary/aromatic N) is 2. The topological polar surface area (TPSA) is 53.4 Å². The van der Waals surface area contributed by atoms with Gasteiger partial charge in [-0.2, -0.15) is 0 Å². The highest BCUT2D eigenvalue weighted by atomic mass is 32.1. The number of aromatic nitrogens is 1. The zero-order chi connectivity index (χ0) is 15.6. The summed E-state index contributed by atoms with van der Waals surface area (Å²) in [5.74, 6) is -0.158. The number of hydrogen-bond acceptors (Lipinski definition) is 4. The second-order valence-corrected chi connectivity index (χ2v) is 7.63. The highest BCUT2D eigenvalue weighted by Crippen LogP contribution is 2.35. The molecule has 0 atom stereocenters. The lowest BCUT2D eigenvalue weighted by Crippen LogP contribution is -2.36. The van der Waals surface area contributed by atoms with E-state index in [-0.39, 0.29) is 5.92 Å². The molecule has 0 unspecified atom stereocenters. The Hall–Kier alpha value is -1.10. The zero-order valence-electron chi connectivity index (χ0n) is 13.4. The Bertz CT molecular complexity index is 490. The predicted octanol–water partition coefficient (Wildman–Crippen LogP) is 4.37. The summed E-state index contributed by atoms with van der Waals surface area (Å²) in [6, 6.07) is 0.528. The molecule has 0 bridgehead atoms. The lowest BCUT2D eigenvalue weighted by molar-refractivity contribution is 0.0700. The second kappa shape index (κ2) is 6.77. The van der Waals surface area contributed by atoms with Gasteiger partial charge in [0.25, 0.3) is 0 Å². The summed E-state index contributed by atoms with van der Waals surface area (Å²) in [4.78, 5) is 18.9. The van der Waals surface area contributed by atoms with E-state index < -0.39 is 5.97 Å². The molecule has 1 aliphatic rings. The fourth-order valence-corrected chi connectivity index (χ4v) is 4.12. The lowest BCUT2D eigenvalue weighted by Gasteiger charge is -2.30. The van der Waals surface area contributed by atoms with Gasteiger partial charge in [-0.3, -0.25) is 0 Å². The van der Waals surface area contributed by atoms with Crippen LogP contribution in [0.3, 0.4) is 0 Å². The standard InChI is InChI=1S/C16H26N2O2S/c1-10(2)9-18(12-7-5-6-8-12)16-17-13(11(3)4)14(21-16)15(19)20/h10-12H,5-9H2,1-4H3,(H,19,20). The average molecular weight is 310 g/mol. The molecule has 0 aromatic carbocycles. The molecule has 0 saturated heterocycles. The van der Waals surface area contributed by atoms with Crippen molar-refractivity contribution in [1.29, 1.82) is 0 Å². The summed E-state index contributed by atoms with van der Waals surface area (Å²) >= 11 is 1.35. The van der Waals surface area contributed by atoms with Crippen molar-refractivity contribution in [2.24, 2.45) is 5.92 Å². The number of anilines is 1. The Morgan fingerprint density at radius 3 is 2.38 bits per heavy atom. The van der Waals surface area contributed by atoms with E-state index in [1.807, 2.05) is 13.8 Å². The molecule has 1 N–H and O–H groups in total. The van der Waals surface area contributed by atoms with E-state index in [0.717, 1.165) is 17.4 Å². The first-order chi connectivity index (χ1) is 9.90. The molecule has 0 radical (unpaired) electrons. The number of carboxylic acids is 1. The van der Waals surface area contributed by atoms with Crippen LogP contribution in [0.15, 0.2) is 0 Å². The highest BCUT2D eigenvalue weighted by Gasteiger charge is 2.28. The maximum absolute atomic E-state index is 11.5. The number of aromatic carboxylic acids is 1. The normalized spacial score (nSPS) is 16.1. The van der Waals surface area contributed by atoms with E-state index in [4.69, 9.17) is 4.98 Å². The first kappa shape index (κ1) is 16.3. The number of carboxylic acid groups (broad SMARTS) is 1. The molecule has 118 valence electrons. The van der Waals surface area contributed by atoms with Gasteiger partial charge in [-0.05, 0) is 24.7 Å². The molecule has 1 aromatic heterocycles. The third-order valence-electron chi connectivity index (χ3n) is 3.96. The molecule has 1 heterocycles. The van der Waals surface area contributed by atoms with Gasteiger partial charge in [0.05, 0.1) is 5.69 Å². The van der Waals surface area contributed by atoms with E-state index >= 15 is 0 Å². The van der Waals surface area contributed by atoms with Gasteiger partial charge < -0.3 is 10.0 Å². The van der Waals surface area contributed by atoms with E-state index in [1.165, 1.54) is 37.0 Å². The monoisotopic (exact) mass is 310 g/mol. The zero-order valence-corrected chi connectivity index (χ0v) is 14.2. The van der Waals surface area contributed by atoms with Gasteiger partial charge in [0.1, 0.15) is 4.88 Å². The molecule has 1 aliphatic carbocycles. The summed E-state index contributed by atoms with van der Waals surface area (Å²) in [6.45, 7) is 9.38. The van der Waals surface area contributed by atoms with Crippen LogP contribution in [0.25, 0.3) is 0 Å². The van der Waals surface area contributed by atoms with Crippen LogP contribution < -0.4 is 4.90 Å². The van der Waals surface area contributed by atoms with Crippen LogP contribution in [0, 0.1) is 5.92 Å². The fraction of sp³-hybridized carbons (Fsp3) is 0.750. The molecule has 0 spiro atoms. The van der Waals surface area contributed by atoms with Gasteiger partial charge in [0.15, 0.2) is 5.13 Å². The Morgan fingerprint density at radius 1 is 1.33 bits per heavy atom. The molecule has 0 aliphatic heterocycles. The first-order valence-corrected chi connectivity index (χ1v) is 8.72. The Labute approximate surface area is 131 Å². The number of thiazole rings is 1. The van der Waals surface area contributed by atoms with Crippen molar-refractivity contribution < 1.29 is 9.90 Å². The molecule has 4 nitrogen and oxygen atoms in total. The van der Waals surface area contributed by atoms with E-state index in [1.54, 1.807) is 0 Å². The van der Waals surface area contributed by atoms with Gasteiger partial charge in [0, 0.05) is 12.6 Å². The third-order valence-corrected chi connectivity index (χ3v) is 5.05. The molecule has 2 rings (SSSR count). The maximum atomic E-state index is 11.5. The fourth-order valence-electron chi connectivity index (χ4n) is 2.98. The minimum atomic E-state index is -0.849. The van der Waals surface area contributed by atoms with Crippen LogP contribution >= 0.6 is 11.3 Å². The molecular weight excluding hydrogens is 284 g/mol. The van der Waals surface area contributed by atoms with E-state index in [0.29, 0.717) is 16.8 Å². The summed E-state index contributed by atoms with van der Waals surface area (Å²) in [6.07, 6.45) is 4.94. The van der Waals surface area contributed by atoms with Crippen molar-refractivity contribution in [2.75, 3.05) is 11.4 Å². The summed E-state index contributed by atoms with van der Waals surface area (Å²) in [5.41, 5.74) is 0.731. The Kier molecular flexibility index (Phi) is 5.25. The quantitative estimate of drug-likeness (QED) is 0.847. The number of carbonyl (C=O) groups is 1. The van der Waals surface area contributed by atoms with Crippen molar-refractivity contribution in [2.45, 2.75) is 65.3 Å². The minimum Gasteiger partial charge on any atom is -0.477 e. The molecule has 21 heavy (non-hydrogen) atoms. The largest absolute Gasteiger partial charge is 0.477 e. The second-order valence-electron chi connectivity index (χ2n) is 6.66. The molecule has 1 fully saturated rings. The van der Waals surface area contributed by atoms with Crippen molar-refractivity contribution >= 4 is 22.4 Å². The smallest absolute Gasteiger partial charge is 0.347 e. The van der Waals surface area contributed by atoms with Crippen LogP contribution in [0.1, 0.15) is 74.7 Å². The van der Waals surface area contributed by atoms with Gasteiger partial charge in [-0.25, -0.2) is 9.78 Å². The number of rotatable bonds is 6. The van der Waals surface area contributed by atoms with Gasteiger partial charge >= 0.3 is 5.97 Å². The van der Waals surface area contributed by atoms with Crippen LogP contribution in [0.2, 0.25) is 0 Å². The average Bonchev–Trinajstić information content (AvgIpc) is 3.05. The Balaban J connectivity index is 2.34. The summed E-state index contributed by atoms with van der Waals surface area (Å²) in [5, 5.41) is 10.3. The molecule has 0 amide bonds. The van der Waals surface area contributed by atoms with Crippen molar-refractivity contribution in [3.63, 3.8) is 0 Å². The first-order valence-electron chi connectivity index (χ1n) is 7.90. The van der Waals surface area contributed by atoms with Crippen molar-refractivity contribution in [3.05, 3.63) is 10.6 Å². The van der Waals surface area contributed by atoms with Crippen LogP contribution in [0.4, 0.5) is 5.13 Å². The summed E-state index contributed by atoms with van der Waals surface area (Å²) < 4.78 is 0. The van der Waals surface area contributed by atoms with E-state index in [2.05, 4.69) is 18.7 Å². The predicted molar refractivity (Wildman–Crippen MR) is 87.6 cm³/mol. The van der Waals surface area contributed by atoms with Gasteiger partial charge in [-0.1, -0.05) is 51.9 Å². The van der Waals surface area contributed by atoms with E-state index in [9.17, 15) is 9.90 Å². The maximum Gasteiger partial charge on any atom is 0.347 e. The van der Waals surface area contributed by atoms with Crippen LogP contribution in [0.5, 0.6) is 0 Å². The van der Waals surface area contributed by atoms with Crippen LogP contribution in [-0.2, 0) is 0 Å². The SMILES string of the molecule is CC(C)CN(c1nc(C(C)C)c(C(=O)O)s1)C1CCCC1. The molecule has 1 saturated carbocycles. The Morgan fingerprint density at radius 2 is 1.95 bits per heavy atom. The highest BCUT2D eigenvalue weighted by molar-refractivity contribution is 7.17. The molecule has 1 aromatic rings. The van der Waals surface area contributed by atoms with Gasteiger partial charge in [-0.15, -0.1) is 0 Å². The molecular formula is C16H26N2O2S. The lowest BCUT2D eigenvalue weighted by atomic mass is 10.1. The minimum absolute atomic E-state index is 0.144. The van der Waals surface area contributed by atoms with Gasteiger partial charge in [0.2, 0.25) is 0 Å². The summed E-state index contributed by atoms with van der Waals surface area (Å²) in [7, 11) is 0. The van der Waals surface area contributed by atoms with Crippen LogP contribution in [-0.4, -0.2) is 28.6 Å². The van der Waals surface area contributed by atoms with Crippen molar-refractivity contribution in [1.82, 2.24) is 4.98 Å². The number of hydrogen-bond donors (Lipinski definition) is 1. The third kappa shape index (κ3) is 3.76. The molecule has 5 heteroatoms.